The Bertz CT molecular complexity index is 1970. The highest BCUT2D eigenvalue weighted by atomic mass is 16.7. The van der Waals surface area contributed by atoms with E-state index < -0.39 is 11.8 Å². The molecule has 0 saturated carbocycles. The molecule has 0 aromatic heterocycles. The Balaban J connectivity index is 0.991. The number of hydrogen-bond acceptors (Lipinski definition) is 9. The highest BCUT2D eigenvalue weighted by molar-refractivity contribution is 5.93. The molecule has 3 fully saturated rings. The van der Waals surface area contributed by atoms with Gasteiger partial charge in [-0.2, -0.15) is 0 Å². The number of rotatable bonds is 16. The van der Waals surface area contributed by atoms with E-state index in [2.05, 4.69) is 62.9 Å². The van der Waals surface area contributed by atoms with Crippen molar-refractivity contribution in [2.75, 3.05) is 31.2 Å². The Morgan fingerprint density at radius 1 is 0.793 bits per heavy atom. The number of nitrogens with one attached hydrogen (secondary N) is 3. The van der Waals surface area contributed by atoms with Crippen molar-refractivity contribution in [3.8, 4) is 11.1 Å². The maximum absolute atomic E-state index is 13.3. The lowest BCUT2D eigenvalue weighted by molar-refractivity contribution is -0.253. The molecule has 3 aliphatic heterocycles. The Morgan fingerprint density at radius 2 is 1.47 bits per heavy atom. The van der Waals surface area contributed by atoms with Gasteiger partial charge in [0.15, 0.2) is 6.29 Å². The summed E-state index contributed by atoms with van der Waals surface area (Å²) in [4.78, 5) is 41.8. The summed E-state index contributed by atoms with van der Waals surface area (Å²) in [5.74, 6) is -0.294. The number of carbonyl (C=O) groups excluding carboxylic acids is 3. The van der Waals surface area contributed by atoms with Gasteiger partial charge in [-0.05, 0) is 65.6 Å². The zero-order chi connectivity index (χ0) is 40.3. The summed E-state index contributed by atoms with van der Waals surface area (Å²) in [6, 6.07) is 34.4. The highest BCUT2D eigenvalue weighted by Crippen LogP contribution is 2.40. The minimum absolute atomic E-state index is 0.0118. The summed E-state index contributed by atoms with van der Waals surface area (Å²) in [5.41, 5.74) is 8.01. The highest BCUT2D eigenvalue weighted by Gasteiger charge is 2.50. The second-order valence-electron chi connectivity index (χ2n) is 15.6. The molecule has 12 heteroatoms. The van der Waals surface area contributed by atoms with E-state index >= 15 is 0 Å². The van der Waals surface area contributed by atoms with Crippen molar-refractivity contribution in [3.05, 3.63) is 125 Å². The molecule has 7 rings (SSSR count). The van der Waals surface area contributed by atoms with Gasteiger partial charge in [-0.3, -0.25) is 19.6 Å². The quantitative estimate of drug-likeness (QED) is 0.0502. The average molecular weight is 790 g/mol. The number of carbonyl (C=O) groups is 3. The Hall–Kier alpha value is -5.11. The van der Waals surface area contributed by atoms with Crippen molar-refractivity contribution >= 4 is 23.4 Å². The summed E-state index contributed by atoms with van der Waals surface area (Å²) < 4.78 is 13.4. The van der Waals surface area contributed by atoms with E-state index in [1.807, 2.05) is 60.7 Å². The van der Waals surface area contributed by atoms with E-state index in [-0.39, 0.29) is 43.0 Å². The molecule has 4 aromatic carbocycles. The summed E-state index contributed by atoms with van der Waals surface area (Å²) in [6.45, 7) is 3.18. The van der Waals surface area contributed by atoms with Gasteiger partial charge in [0, 0.05) is 56.7 Å². The van der Waals surface area contributed by atoms with Gasteiger partial charge < -0.3 is 35.0 Å². The van der Waals surface area contributed by atoms with Crippen LogP contribution < -0.4 is 21.0 Å². The third-order valence-electron chi connectivity index (χ3n) is 11.8. The van der Waals surface area contributed by atoms with Gasteiger partial charge in [0.25, 0.3) is 0 Å². The molecule has 0 radical (unpaired) electrons. The predicted octanol–water partition coefficient (Wildman–Crippen LogP) is 6.28. The first-order chi connectivity index (χ1) is 28.3. The Labute approximate surface area is 340 Å². The number of hydroxylamine groups is 1. The first kappa shape index (κ1) is 41.1. The zero-order valence-corrected chi connectivity index (χ0v) is 33.0. The molecule has 3 aliphatic rings. The lowest BCUT2D eigenvalue weighted by atomic mass is 9.85. The van der Waals surface area contributed by atoms with Crippen molar-refractivity contribution in [2.45, 2.75) is 95.0 Å². The van der Waals surface area contributed by atoms with Crippen molar-refractivity contribution in [3.63, 3.8) is 0 Å². The molecule has 0 aliphatic carbocycles. The van der Waals surface area contributed by atoms with E-state index in [9.17, 15) is 19.5 Å². The van der Waals surface area contributed by atoms with E-state index in [1.165, 1.54) is 0 Å². The number of para-hydroxylation sites is 1. The zero-order valence-electron chi connectivity index (χ0n) is 33.0. The normalized spacial score (nSPS) is 20.5. The van der Waals surface area contributed by atoms with Gasteiger partial charge in [-0.25, -0.2) is 5.48 Å². The number of unbranched alkanes of at least 4 members (excludes halogenated alkanes) is 3. The van der Waals surface area contributed by atoms with Crippen LogP contribution in [0.3, 0.4) is 0 Å². The molecule has 3 saturated heterocycles. The van der Waals surface area contributed by atoms with E-state index in [0.717, 1.165) is 84.3 Å². The summed E-state index contributed by atoms with van der Waals surface area (Å²) >= 11 is 0. The summed E-state index contributed by atoms with van der Waals surface area (Å²) in [7, 11) is 0. The molecule has 5 N–H and O–H groups in total. The van der Waals surface area contributed by atoms with E-state index in [4.69, 9.17) is 14.7 Å². The van der Waals surface area contributed by atoms with Crippen LogP contribution in [0.2, 0.25) is 0 Å². The lowest BCUT2D eigenvalue weighted by Crippen LogP contribution is -2.57. The molecule has 3 heterocycles. The van der Waals surface area contributed by atoms with Gasteiger partial charge in [-0.1, -0.05) is 104 Å². The van der Waals surface area contributed by atoms with Crippen LogP contribution in [0.25, 0.3) is 11.1 Å². The molecule has 12 nitrogen and oxygen atoms in total. The third kappa shape index (κ3) is 9.94. The van der Waals surface area contributed by atoms with Crippen molar-refractivity contribution in [1.29, 1.82) is 0 Å². The number of amides is 3. The summed E-state index contributed by atoms with van der Waals surface area (Å²) in [6.07, 6.45) is 4.99. The maximum atomic E-state index is 13.3. The fourth-order valence-corrected chi connectivity index (χ4v) is 8.50. The predicted molar refractivity (Wildman–Crippen MR) is 220 cm³/mol. The number of aliphatic hydroxyl groups excluding tert-OH is 1. The fraction of sp³-hybridized carbons (Fsp3) is 0.413. The molecule has 306 valence electrons. The van der Waals surface area contributed by atoms with Crippen molar-refractivity contribution in [1.82, 2.24) is 21.0 Å². The molecule has 58 heavy (non-hydrogen) atoms. The number of anilines is 1. The average Bonchev–Trinajstić information content (AvgIpc) is 3.59. The number of benzene rings is 4. The second-order valence-corrected chi connectivity index (χ2v) is 15.6. The molecule has 1 spiro atoms. The van der Waals surface area contributed by atoms with Crippen LogP contribution in [-0.4, -0.2) is 70.9 Å². The lowest BCUT2D eigenvalue weighted by Gasteiger charge is -2.45. The smallest absolute Gasteiger partial charge is 0.247 e. The number of piperidine rings is 1. The van der Waals surface area contributed by atoms with Gasteiger partial charge in [0.1, 0.15) is 5.54 Å². The topological polar surface area (TPSA) is 153 Å². The van der Waals surface area contributed by atoms with Crippen LogP contribution in [0.1, 0.15) is 92.4 Å². The number of nitrogens with zero attached hydrogens (tertiary/aromatic N) is 2. The number of likely N-dealkylation sites (tertiary alicyclic amines) is 1. The first-order valence-electron chi connectivity index (χ1n) is 20.6. The molecular formula is C46H55N5O7. The first-order valence-corrected chi connectivity index (χ1v) is 20.6. The van der Waals surface area contributed by atoms with Crippen LogP contribution in [0.15, 0.2) is 103 Å². The number of ether oxygens (including phenoxy) is 2. The van der Waals surface area contributed by atoms with Crippen LogP contribution in [0.5, 0.6) is 0 Å². The van der Waals surface area contributed by atoms with E-state index in [1.54, 1.807) is 5.48 Å². The van der Waals surface area contributed by atoms with E-state index in [0.29, 0.717) is 39.0 Å². The molecule has 3 amide bonds. The van der Waals surface area contributed by atoms with Crippen LogP contribution in [0.4, 0.5) is 5.69 Å². The molecular weight excluding hydrogens is 735 g/mol. The van der Waals surface area contributed by atoms with Gasteiger partial charge >= 0.3 is 0 Å². The molecule has 4 aromatic rings. The Morgan fingerprint density at radius 3 is 2.17 bits per heavy atom. The fourth-order valence-electron chi connectivity index (χ4n) is 8.50. The molecule has 3 atom stereocenters. The summed E-state index contributed by atoms with van der Waals surface area (Å²) in [5, 5.41) is 24.4. The maximum Gasteiger partial charge on any atom is 0.247 e. The van der Waals surface area contributed by atoms with Crippen molar-refractivity contribution in [2.24, 2.45) is 0 Å². The minimum Gasteiger partial charge on any atom is -0.392 e. The Kier molecular flexibility index (Phi) is 13.8. The third-order valence-corrected chi connectivity index (χ3v) is 11.8. The van der Waals surface area contributed by atoms with Gasteiger partial charge in [0.05, 0.1) is 25.5 Å². The van der Waals surface area contributed by atoms with Gasteiger partial charge in [-0.15, -0.1) is 0 Å². The SMILES string of the molecule is O=C(CCCCCCC(=O)NCc1ccccc1-c1ccc(C2OC(CN3CCC4(CC3)C(=O)NCN4c3ccccc3)CC(c3ccc(CO)cc3)O2)cc1)NO. The monoisotopic (exact) mass is 789 g/mol. The molecule has 3 unspecified atom stereocenters. The largest absolute Gasteiger partial charge is 0.392 e. The van der Waals surface area contributed by atoms with Crippen LogP contribution >= 0.6 is 0 Å². The minimum atomic E-state index is -0.595. The number of hydrogen-bond donors (Lipinski definition) is 5. The molecule has 0 bridgehead atoms. The standard InChI is InChI=1S/C46H55N5O7/c52-31-33-16-18-35(19-17-33)41-28-39(30-50-26-24-46(25-27-50)45(55)48-32-51(46)38-11-4-3-5-12-38)57-44(58-41)36-22-20-34(21-23-36)40-13-9-8-10-37(40)29-47-42(53)14-6-1-2-7-15-43(54)49-56/h3-5,8-13,16-23,39,41,44,52,56H,1-2,6-7,14-15,24-32H2,(H,47,53)(H,48,55)(H,49,54). The number of aliphatic hydroxyl groups is 1. The second kappa shape index (κ2) is 19.6. The van der Waals surface area contributed by atoms with Crippen molar-refractivity contribution < 1.29 is 34.2 Å². The van der Waals surface area contributed by atoms with Gasteiger partial charge in [0.2, 0.25) is 17.7 Å². The van der Waals surface area contributed by atoms with Crippen LogP contribution in [0, 0.1) is 0 Å². The van der Waals surface area contributed by atoms with Crippen LogP contribution in [-0.2, 0) is 37.0 Å².